The van der Waals surface area contributed by atoms with E-state index in [0.29, 0.717) is 0 Å². The largest absolute Gasteiger partial charge is 0.416 e. The molecule has 2 nitrogen and oxygen atoms in total. The first-order chi connectivity index (χ1) is 6.38. The van der Waals surface area contributed by atoms with Crippen molar-refractivity contribution in [2.75, 3.05) is 5.73 Å². The van der Waals surface area contributed by atoms with Gasteiger partial charge >= 0.3 is 6.18 Å². The van der Waals surface area contributed by atoms with Gasteiger partial charge in [-0.1, -0.05) is 11.6 Å². The van der Waals surface area contributed by atoms with Crippen molar-refractivity contribution in [3.05, 3.63) is 28.3 Å². The fourth-order valence-corrected chi connectivity index (χ4v) is 1.25. The molecule has 0 aliphatic heterocycles. The molecule has 1 aromatic rings. The van der Waals surface area contributed by atoms with Crippen molar-refractivity contribution in [3.63, 3.8) is 0 Å². The maximum absolute atomic E-state index is 12.3. The lowest BCUT2D eigenvalue weighted by molar-refractivity contribution is -0.138. The van der Waals surface area contributed by atoms with Gasteiger partial charge in [0.15, 0.2) is 0 Å². The van der Waals surface area contributed by atoms with E-state index in [9.17, 15) is 13.2 Å². The number of aliphatic hydroxyl groups is 1. The molecule has 0 unspecified atom stereocenters. The van der Waals surface area contributed by atoms with E-state index in [1.165, 1.54) is 0 Å². The van der Waals surface area contributed by atoms with Gasteiger partial charge in [-0.3, -0.25) is 0 Å². The van der Waals surface area contributed by atoms with Crippen molar-refractivity contribution in [2.45, 2.75) is 12.8 Å². The highest BCUT2D eigenvalue weighted by atomic mass is 35.5. The highest BCUT2D eigenvalue weighted by molar-refractivity contribution is 6.33. The van der Waals surface area contributed by atoms with E-state index in [1.807, 2.05) is 0 Å². The summed E-state index contributed by atoms with van der Waals surface area (Å²) in [4.78, 5) is 0. The van der Waals surface area contributed by atoms with Gasteiger partial charge in [0.25, 0.3) is 0 Å². The number of nitrogens with two attached hydrogens (primary N) is 1. The van der Waals surface area contributed by atoms with Crippen LogP contribution in [0.1, 0.15) is 11.1 Å². The molecular formula is C8H7ClF3NO. The molecule has 0 atom stereocenters. The van der Waals surface area contributed by atoms with Crippen molar-refractivity contribution < 1.29 is 18.3 Å². The van der Waals surface area contributed by atoms with Crippen LogP contribution in [0, 0.1) is 0 Å². The van der Waals surface area contributed by atoms with E-state index in [-0.39, 0.29) is 16.3 Å². The lowest BCUT2D eigenvalue weighted by Gasteiger charge is -2.13. The Kier molecular flexibility index (Phi) is 2.92. The molecule has 0 aliphatic rings. The number of aliphatic hydroxyl groups excluding tert-OH is 1. The Hall–Kier alpha value is -0.940. The highest BCUT2D eigenvalue weighted by Gasteiger charge is 2.34. The molecule has 1 rings (SSSR count). The molecule has 1 aromatic carbocycles. The molecule has 0 aliphatic carbocycles. The monoisotopic (exact) mass is 225 g/mol. The van der Waals surface area contributed by atoms with E-state index in [2.05, 4.69) is 0 Å². The first-order valence-corrected chi connectivity index (χ1v) is 4.00. The summed E-state index contributed by atoms with van der Waals surface area (Å²) in [5, 5.41) is 8.75. The SMILES string of the molecule is Nc1c(Cl)ccc(C(F)(F)F)c1CO. The first-order valence-electron chi connectivity index (χ1n) is 3.63. The number of rotatable bonds is 1. The zero-order valence-electron chi connectivity index (χ0n) is 6.90. The van der Waals surface area contributed by atoms with Crippen LogP contribution in [-0.2, 0) is 12.8 Å². The van der Waals surface area contributed by atoms with Crippen LogP contribution in [0.4, 0.5) is 18.9 Å². The quantitative estimate of drug-likeness (QED) is 0.721. The standard InChI is InChI=1S/C8H7ClF3NO/c9-6-2-1-5(8(10,11)12)4(3-14)7(6)13/h1-2,14H,3,13H2. The summed E-state index contributed by atoms with van der Waals surface area (Å²) < 4.78 is 37.0. The van der Waals surface area contributed by atoms with Gasteiger partial charge in [0.1, 0.15) is 0 Å². The molecule has 0 spiro atoms. The van der Waals surface area contributed by atoms with Gasteiger partial charge in [0, 0.05) is 5.56 Å². The molecule has 0 bridgehead atoms. The maximum Gasteiger partial charge on any atom is 0.416 e. The van der Waals surface area contributed by atoms with Gasteiger partial charge in [0.05, 0.1) is 22.9 Å². The third-order valence-corrected chi connectivity index (χ3v) is 2.10. The number of halogens is 4. The lowest BCUT2D eigenvalue weighted by atomic mass is 10.1. The van der Waals surface area contributed by atoms with Gasteiger partial charge in [0.2, 0.25) is 0 Å². The summed E-state index contributed by atoms with van der Waals surface area (Å²) in [6.07, 6.45) is -4.53. The molecular weight excluding hydrogens is 219 g/mol. The second-order valence-electron chi connectivity index (χ2n) is 2.64. The van der Waals surface area contributed by atoms with Crippen LogP contribution >= 0.6 is 11.6 Å². The summed E-state index contributed by atoms with van der Waals surface area (Å²) >= 11 is 5.51. The number of anilines is 1. The number of hydrogen-bond donors (Lipinski definition) is 2. The predicted molar refractivity (Wildman–Crippen MR) is 46.8 cm³/mol. The average molecular weight is 226 g/mol. The Labute approximate surface area is 83.1 Å². The number of nitrogen functional groups attached to an aromatic ring is 1. The van der Waals surface area contributed by atoms with Crippen LogP contribution in [0.25, 0.3) is 0 Å². The summed E-state index contributed by atoms with van der Waals surface area (Å²) in [5.74, 6) is 0. The molecule has 0 fully saturated rings. The molecule has 0 aromatic heterocycles. The minimum absolute atomic E-state index is 0.00190. The second-order valence-corrected chi connectivity index (χ2v) is 3.05. The minimum Gasteiger partial charge on any atom is -0.397 e. The Morgan fingerprint density at radius 2 is 1.93 bits per heavy atom. The predicted octanol–water partition coefficient (Wildman–Crippen LogP) is 2.43. The lowest BCUT2D eigenvalue weighted by Crippen LogP contribution is -2.11. The zero-order valence-corrected chi connectivity index (χ0v) is 7.65. The number of hydrogen-bond acceptors (Lipinski definition) is 2. The van der Waals surface area contributed by atoms with Gasteiger partial charge in [-0.25, -0.2) is 0 Å². The molecule has 3 N–H and O–H groups in total. The third kappa shape index (κ3) is 1.93. The van der Waals surface area contributed by atoms with Crippen LogP contribution < -0.4 is 5.73 Å². The topological polar surface area (TPSA) is 46.2 Å². The van der Waals surface area contributed by atoms with E-state index in [1.54, 1.807) is 0 Å². The van der Waals surface area contributed by atoms with E-state index < -0.39 is 18.3 Å². The molecule has 0 radical (unpaired) electrons. The second kappa shape index (κ2) is 3.67. The fraction of sp³-hybridized carbons (Fsp3) is 0.250. The smallest absolute Gasteiger partial charge is 0.397 e. The van der Waals surface area contributed by atoms with Gasteiger partial charge in [-0.2, -0.15) is 13.2 Å². The molecule has 0 saturated carbocycles. The van der Waals surface area contributed by atoms with Crippen LogP contribution in [0.5, 0.6) is 0 Å². The molecule has 78 valence electrons. The maximum atomic E-state index is 12.3. The van der Waals surface area contributed by atoms with E-state index in [0.717, 1.165) is 12.1 Å². The number of benzene rings is 1. The molecule has 0 saturated heterocycles. The molecule has 6 heteroatoms. The van der Waals surface area contributed by atoms with Crippen molar-refractivity contribution in [1.29, 1.82) is 0 Å². The molecule has 0 amide bonds. The Balaban J connectivity index is 3.39. The fourth-order valence-electron chi connectivity index (χ4n) is 1.07. The Morgan fingerprint density at radius 3 is 2.36 bits per heavy atom. The molecule has 14 heavy (non-hydrogen) atoms. The van der Waals surface area contributed by atoms with Crippen molar-refractivity contribution in [2.24, 2.45) is 0 Å². The summed E-state index contributed by atoms with van der Waals surface area (Å²) in [6, 6.07) is 1.85. The minimum atomic E-state index is -4.53. The van der Waals surface area contributed by atoms with Crippen molar-refractivity contribution in [3.8, 4) is 0 Å². The average Bonchev–Trinajstić information content (AvgIpc) is 2.07. The zero-order chi connectivity index (χ0) is 10.9. The first kappa shape index (κ1) is 11.1. The third-order valence-electron chi connectivity index (χ3n) is 1.77. The molecule has 0 heterocycles. The van der Waals surface area contributed by atoms with Crippen LogP contribution in [0.15, 0.2) is 12.1 Å². The van der Waals surface area contributed by atoms with Gasteiger partial charge < -0.3 is 10.8 Å². The van der Waals surface area contributed by atoms with Crippen LogP contribution in [-0.4, -0.2) is 5.11 Å². The normalized spacial score (nSPS) is 11.8. The van der Waals surface area contributed by atoms with Gasteiger partial charge in [-0.05, 0) is 12.1 Å². The summed E-state index contributed by atoms with van der Waals surface area (Å²) in [5.41, 5.74) is 3.73. The Morgan fingerprint density at radius 1 is 1.36 bits per heavy atom. The van der Waals surface area contributed by atoms with Crippen LogP contribution in [0.3, 0.4) is 0 Å². The van der Waals surface area contributed by atoms with E-state index >= 15 is 0 Å². The summed E-state index contributed by atoms with van der Waals surface area (Å²) in [6.45, 7) is -0.790. The number of alkyl halides is 3. The van der Waals surface area contributed by atoms with Gasteiger partial charge in [-0.15, -0.1) is 0 Å². The summed E-state index contributed by atoms with van der Waals surface area (Å²) in [7, 11) is 0. The highest BCUT2D eigenvalue weighted by Crippen LogP contribution is 2.36. The van der Waals surface area contributed by atoms with E-state index in [4.69, 9.17) is 22.4 Å². The van der Waals surface area contributed by atoms with Crippen LogP contribution in [0.2, 0.25) is 5.02 Å². The van der Waals surface area contributed by atoms with Crippen molar-refractivity contribution in [1.82, 2.24) is 0 Å². The van der Waals surface area contributed by atoms with Crippen molar-refractivity contribution >= 4 is 17.3 Å². The Bertz CT molecular complexity index is 351.